The van der Waals surface area contributed by atoms with Crippen LogP contribution in [0.5, 0.6) is 0 Å². The zero-order valence-corrected chi connectivity index (χ0v) is 64.1. The van der Waals surface area contributed by atoms with E-state index in [1.807, 2.05) is 0 Å². The van der Waals surface area contributed by atoms with Gasteiger partial charge in [-0.25, -0.2) is 9.13 Å². The lowest BCUT2D eigenvalue weighted by Crippen LogP contribution is -2.30. The molecule has 0 saturated heterocycles. The van der Waals surface area contributed by atoms with Crippen molar-refractivity contribution in [2.45, 2.75) is 401 Å². The lowest BCUT2D eigenvalue weighted by molar-refractivity contribution is -0.161. The van der Waals surface area contributed by atoms with Crippen LogP contribution in [-0.4, -0.2) is 96.7 Å². The van der Waals surface area contributed by atoms with E-state index in [1.54, 1.807) is 0 Å². The predicted octanol–water partition coefficient (Wildman–Crippen LogP) is 22.0. The van der Waals surface area contributed by atoms with Crippen molar-refractivity contribution in [3.63, 3.8) is 0 Å². The molecule has 19 heteroatoms. The SMILES string of the molecule is CC(C)CCCCCCCCCCCCCCCCCCCCC(=O)OC[C@H](COP(=O)(O)OCC(O)COP(=O)(O)OC[C@@H](COC(=O)CCCCCCCCCC(C)C)OC(=O)CCCCCCCCCC(C)C)OC(=O)CCCCCCCCCCCCCC(C)C. The first kappa shape index (κ1) is 93.1. The van der Waals surface area contributed by atoms with Crippen molar-refractivity contribution in [2.75, 3.05) is 39.6 Å². The summed E-state index contributed by atoms with van der Waals surface area (Å²) in [5, 5.41) is 10.6. The molecule has 5 atom stereocenters. The molecule has 0 aromatic heterocycles. The predicted molar refractivity (Wildman–Crippen MR) is 386 cm³/mol. The summed E-state index contributed by atoms with van der Waals surface area (Å²) in [6.07, 6.45) is 50.3. The number of ether oxygens (including phenoxy) is 4. The van der Waals surface area contributed by atoms with Crippen molar-refractivity contribution >= 4 is 39.5 Å². The molecule has 3 N–H and O–H groups in total. The van der Waals surface area contributed by atoms with Gasteiger partial charge in [0.1, 0.15) is 19.3 Å². The van der Waals surface area contributed by atoms with Gasteiger partial charge in [0.05, 0.1) is 26.4 Å². The maximum Gasteiger partial charge on any atom is 0.472 e. The Bertz CT molecular complexity index is 1870. The molecule has 0 rings (SSSR count). The van der Waals surface area contributed by atoms with Gasteiger partial charge in [0.15, 0.2) is 12.2 Å². The Labute approximate surface area is 581 Å². The molecule has 0 aliphatic heterocycles. The van der Waals surface area contributed by atoms with Crippen LogP contribution in [-0.2, 0) is 65.4 Å². The summed E-state index contributed by atoms with van der Waals surface area (Å²) in [4.78, 5) is 72.7. The van der Waals surface area contributed by atoms with Crippen LogP contribution in [0.2, 0.25) is 0 Å². The summed E-state index contributed by atoms with van der Waals surface area (Å²) in [6, 6.07) is 0. The van der Waals surface area contributed by atoms with Gasteiger partial charge in [-0.2, -0.15) is 0 Å². The Kier molecular flexibility index (Phi) is 64.0. The van der Waals surface area contributed by atoms with Crippen molar-refractivity contribution < 1.29 is 80.2 Å². The molecule has 564 valence electrons. The van der Waals surface area contributed by atoms with E-state index in [4.69, 9.17) is 37.0 Å². The summed E-state index contributed by atoms with van der Waals surface area (Å²) >= 11 is 0. The third kappa shape index (κ3) is 70.3. The van der Waals surface area contributed by atoms with Gasteiger partial charge < -0.3 is 33.8 Å². The summed E-state index contributed by atoms with van der Waals surface area (Å²) in [7, 11) is -9.91. The van der Waals surface area contributed by atoms with Gasteiger partial charge in [0.2, 0.25) is 0 Å². The van der Waals surface area contributed by atoms with Crippen LogP contribution in [0.3, 0.4) is 0 Å². The number of hydrogen-bond donors (Lipinski definition) is 3. The molecule has 17 nitrogen and oxygen atoms in total. The number of aliphatic hydroxyl groups is 1. The van der Waals surface area contributed by atoms with E-state index >= 15 is 0 Å². The molecule has 0 aliphatic rings. The highest BCUT2D eigenvalue weighted by molar-refractivity contribution is 7.47. The minimum absolute atomic E-state index is 0.102. The molecule has 0 aromatic carbocycles. The minimum Gasteiger partial charge on any atom is -0.462 e. The van der Waals surface area contributed by atoms with Gasteiger partial charge in [-0.3, -0.25) is 37.3 Å². The van der Waals surface area contributed by atoms with E-state index in [1.165, 1.54) is 180 Å². The zero-order valence-electron chi connectivity index (χ0n) is 62.3. The maximum atomic E-state index is 13.1. The molecule has 0 saturated carbocycles. The summed E-state index contributed by atoms with van der Waals surface area (Å²) in [5.74, 6) is 0.864. The van der Waals surface area contributed by atoms with Crippen molar-refractivity contribution in [1.29, 1.82) is 0 Å². The summed E-state index contributed by atoms with van der Waals surface area (Å²) < 4.78 is 68.4. The molecule has 0 heterocycles. The van der Waals surface area contributed by atoms with E-state index < -0.39 is 97.5 Å². The third-order valence-electron chi connectivity index (χ3n) is 17.6. The monoisotopic (exact) mass is 1400 g/mol. The molecular formula is C76H148O17P2. The average Bonchev–Trinajstić information content (AvgIpc) is 1.36. The molecule has 0 aromatic rings. The molecule has 0 fully saturated rings. The molecular weight excluding hydrogens is 1250 g/mol. The Morgan fingerprint density at radius 3 is 0.653 bits per heavy atom. The standard InChI is InChI=1S/C76H148O17P2/c1-66(2)52-44-36-28-22-18-15-13-11-9-10-12-14-16-20-24-32-40-48-56-73(78)86-62-71(92-75(80)58-50-42-33-25-21-17-19-23-29-37-45-53-67(3)4)64-90-94(82,83)88-60-70(77)61-89-95(84,85)91-65-72(93-76(81)59-51-43-35-27-31-39-47-55-69(7)8)63-87-74(79)57-49-41-34-26-30-38-46-54-68(5)6/h66-72,77H,9-65H2,1-8H3,(H,82,83)(H,84,85)/t70?,71-,72-/m1/s1. The maximum absolute atomic E-state index is 13.1. The van der Waals surface area contributed by atoms with E-state index in [9.17, 15) is 43.2 Å². The van der Waals surface area contributed by atoms with Crippen LogP contribution < -0.4 is 0 Å². The van der Waals surface area contributed by atoms with Gasteiger partial charge in [0.25, 0.3) is 0 Å². The molecule has 0 aliphatic carbocycles. The van der Waals surface area contributed by atoms with E-state index in [-0.39, 0.29) is 25.7 Å². The number of phosphoric acid groups is 2. The van der Waals surface area contributed by atoms with E-state index in [2.05, 4.69) is 55.4 Å². The lowest BCUT2D eigenvalue weighted by Gasteiger charge is -2.21. The number of carbonyl (C=O) groups is 4. The highest BCUT2D eigenvalue weighted by Crippen LogP contribution is 2.45. The topological polar surface area (TPSA) is 237 Å². The molecule has 95 heavy (non-hydrogen) atoms. The zero-order chi connectivity index (χ0) is 70.3. The molecule has 0 amide bonds. The number of aliphatic hydroxyl groups excluding tert-OH is 1. The van der Waals surface area contributed by atoms with Crippen LogP contribution in [0.1, 0.15) is 383 Å². The van der Waals surface area contributed by atoms with Crippen molar-refractivity contribution in [1.82, 2.24) is 0 Å². The summed E-state index contributed by atoms with van der Waals surface area (Å²) in [6.45, 7) is 14.1. The van der Waals surface area contributed by atoms with Gasteiger partial charge in [-0.15, -0.1) is 0 Å². The van der Waals surface area contributed by atoms with Crippen LogP contribution in [0, 0.1) is 23.7 Å². The molecule has 0 bridgehead atoms. The minimum atomic E-state index is -4.96. The number of unbranched alkanes of at least 4 members (excludes halogenated alkanes) is 39. The first-order valence-corrected chi connectivity index (χ1v) is 42.2. The van der Waals surface area contributed by atoms with Gasteiger partial charge in [-0.1, -0.05) is 331 Å². The summed E-state index contributed by atoms with van der Waals surface area (Å²) in [5.41, 5.74) is 0. The van der Waals surface area contributed by atoms with Crippen LogP contribution in [0.25, 0.3) is 0 Å². The van der Waals surface area contributed by atoms with Gasteiger partial charge >= 0.3 is 39.5 Å². The van der Waals surface area contributed by atoms with Gasteiger partial charge in [-0.05, 0) is 49.4 Å². The highest BCUT2D eigenvalue weighted by atomic mass is 31.2. The smallest absolute Gasteiger partial charge is 0.462 e. The lowest BCUT2D eigenvalue weighted by atomic mass is 10.0. The van der Waals surface area contributed by atoms with Crippen molar-refractivity contribution in [3.8, 4) is 0 Å². The fourth-order valence-electron chi connectivity index (χ4n) is 11.6. The number of phosphoric ester groups is 2. The number of hydrogen-bond acceptors (Lipinski definition) is 15. The molecule has 0 spiro atoms. The second-order valence-corrected chi connectivity index (χ2v) is 32.2. The van der Waals surface area contributed by atoms with Crippen molar-refractivity contribution in [3.05, 3.63) is 0 Å². The Morgan fingerprint density at radius 1 is 0.263 bits per heavy atom. The van der Waals surface area contributed by atoms with Gasteiger partial charge in [0, 0.05) is 25.7 Å². The molecule has 0 radical (unpaired) electrons. The second-order valence-electron chi connectivity index (χ2n) is 29.3. The fraction of sp³-hybridized carbons (Fsp3) is 0.947. The Balaban J connectivity index is 5.18. The second kappa shape index (κ2) is 65.4. The highest BCUT2D eigenvalue weighted by Gasteiger charge is 2.30. The quantitative estimate of drug-likeness (QED) is 0.0222. The Hall–Kier alpha value is -1.94. The largest absolute Gasteiger partial charge is 0.472 e. The molecule has 3 unspecified atom stereocenters. The normalized spacial score (nSPS) is 14.1. The van der Waals surface area contributed by atoms with Crippen LogP contribution >= 0.6 is 15.6 Å². The Morgan fingerprint density at radius 2 is 0.442 bits per heavy atom. The van der Waals surface area contributed by atoms with Crippen LogP contribution in [0.15, 0.2) is 0 Å². The van der Waals surface area contributed by atoms with E-state index in [0.717, 1.165) is 108 Å². The first-order valence-electron chi connectivity index (χ1n) is 39.2. The van der Waals surface area contributed by atoms with E-state index in [0.29, 0.717) is 37.5 Å². The third-order valence-corrected chi connectivity index (χ3v) is 19.5. The average molecular weight is 1400 g/mol. The first-order chi connectivity index (χ1) is 45.6. The number of rotatable bonds is 73. The number of esters is 4. The fourth-order valence-corrected chi connectivity index (χ4v) is 13.1. The van der Waals surface area contributed by atoms with Crippen LogP contribution in [0.4, 0.5) is 0 Å². The number of carbonyl (C=O) groups excluding carboxylic acids is 4. The van der Waals surface area contributed by atoms with Crippen molar-refractivity contribution in [2.24, 2.45) is 23.7 Å².